The quantitative estimate of drug-likeness (QED) is 0.317. The maximum Gasteiger partial charge on any atom is 0.213 e. The minimum Gasteiger partial charge on any atom is -0.477 e. The van der Waals surface area contributed by atoms with Crippen molar-refractivity contribution in [1.82, 2.24) is 15.6 Å². The first-order valence-electron chi connectivity index (χ1n) is 10.4. The molecule has 31 heavy (non-hydrogen) atoms. The number of guanidine groups is 1. The van der Waals surface area contributed by atoms with Crippen molar-refractivity contribution in [2.75, 3.05) is 31.6 Å². The molecule has 1 aliphatic carbocycles. The molecule has 0 bridgehead atoms. The lowest BCUT2D eigenvalue weighted by Gasteiger charge is -2.21. The molecule has 9 heteroatoms. The van der Waals surface area contributed by atoms with Gasteiger partial charge < -0.3 is 20.3 Å². The number of benzene rings is 1. The van der Waals surface area contributed by atoms with Crippen molar-refractivity contribution in [3.8, 4) is 5.88 Å². The molecule has 1 aromatic carbocycles. The third-order valence-electron chi connectivity index (χ3n) is 5.43. The summed E-state index contributed by atoms with van der Waals surface area (Å²) in [5.74, 6) is 0.929. The smallest absolute Gasteiger partial charge is 0.213 e. The van der Waals surface area contributed by atoms with Gasteiger partial charge in [0.05, 0.1) is 6.61 Å². The zero-order chi connectivity index (χ0) is 20.9. The molecule has 0 radical (unpaired) electrons. The first kappa shape index (κ1) is 23.5. The highest BCUT2D eigenvalue weighted by atomic mass is 127. The van der Waals surface area contributed by atoms with Crippen molar-refractivity contribution in [1.29, 1.82) is 0 Å². The molecule has 1 saturated heterocycles. The van der Waals surface area contributed by atoms with E-state index in [4.69, 9.17) is 4.74 Å². The van der Waals surface area contributed by atoms with Crippen LogP contribution in [0.5, 0.6) is 5.88 Å². The van der Waals surface area contributed by atoms with Crippen molar-refractivity contribution in [2.45, 2.75) is 31.8 Å². The molecule has 6 nitrogen and oxygen atoms in total. The maximum atomic E-state index is 14.0. The summed E-state index contributed by atoms with van der Waals surface area (Å²) in [4.78, 5) is 10.3. The van der Waals surface area contributed by atoms with Gasteiger partial charge in [-0.2, -0.15) is 0 Å². The number of nitrogens with zero attached hydrogens (tertiary/aromatic N) is 3. The van der Waals surface area contributed by atoms with Crippen LogP contribution in [-0.4, -0.2) is 43.7 Å². The lowest BCUT2D eigenvalue weighted by atomic mass is 10.2. The molecule has 2 aliphatic rings. The van der Waals surface area contributed by atoms with Crippen LogP contribution in [0.3, 0.4) is 0 Å². The second-order valence-electron chi connectivity index (χ2n) is 7.83. The van der Waals surface area contributed by atoms with Crippen LogP contribution in [0.1, 0.15) is 24.8 Å². The summed E-state index contributed by atoms with van der Waals surface area (Å²) in [7, 11) is 1.70. The highest BCUT2D eigenvalue weighted by Crippen LogP contribution is 2.29. The minimum absolute atomic E-state index is 0. The van der Waals surface area contributed by atoms with Gasteiger partial charge >= 0.3 is 0 Å². The average Bonchev–Trinajstić information content (AvgIpc) is 3.48. The molecule has 2 heterocycles. The summed E-state index contributed by atoms with van der Waals surface area (Å²) in [5, 5.41) is 6.59. The highest BCUT2D eigenvalue weighted by molar-refractivity contribution is 14.0. The standard InChI is InChI=1S/C22H27F2N5O.HI/c1-25-22(27-12-16-7-8-20(26-11-16)30-14-15-5-6-15)28-17-9-10-29(13-17)21-18(23)3-2-4-19(21)24;/h2-4,7-8,11,15,17H,5-6,9-10,12-14H2,1H3,(H2,25,27,28);1H. The molecule has 1 aliphatic heterocycles. The van der Waals surface area contributed by atoms with E-state index in [0.29, 0.717) is 37.4 Å². The van der Waals surface area contributed by atoms with Crippen LogP contribution in [0.4, 0.5) is 14.5 Å². The van der Waals surface area contributed by atoms with Crippen molar-refractivity contribution in [3.05, 3.63) is 53.7 Å². The van der Waals surface area contributed by atoms with Gasteiger partial charge in [0.1, 0.15) is 17.3 Å². The summed E-state index contributed by atoms with van der Waals surface area (Å²) in [6.45, 7) is 2.40. The largest absolute Gasteiger partial charge is 0.477 e. The lowest BCUT2D eigenvalue weighted by Crippen LogP contribution is -2.44. The van der Waals surface area contributed by atoms with Gasteiger partial charge in [-0.1, -0.05) is 12.1 Å². The Bertz CT molecular complexity index is 872. The third kappa shape index (κ3) is 6.41. The molecule has 1 aromatic heterocycles. The van der Waals surface area contributed by atoms with Crippen molar-refractivity contribution >= 4 is 35.6 Å². The second-order valence-corrected chi connectivity index (χ2v) is 7.83. The molecule has 2 fully saturated rings. The van der Waals surface area contributed by atoms with E-state index in [0.717, 1.165) is 18.6 Å². The lowest BCUT2D eigenvalue weighted by molar-refractivity contribution is 0.288. The fraction of sp³-hybridized carbons (Fsp3) is 0.455. The van der Waals surface area contributed by atoms with E-state index in [9.17, 15) is 8.78 Å². The Kier molecular flexibility index (Phi) is 8.28. The Morgan fingerprint density at radius 1 is 1.19 bits per heavy atom. The summed E-state index contributed by atoms with van der Waals surface area (Å²) < 4.78 is 33.7. The fourth-order valence-corrected chi connectivity index (χ4v) is 3.53. The Morgan fingerprint density at radius 3 is 2.61 bits per heavy atom. The predicted octanol–water partition coefficient (Wildman–Crippen LogP) is 3.71. The van der Waals surface area contributed by atoms with E-state index < -0.39 is 11.6 Å². The van der Waals surface area contributed by atoms with Crippen LogP contribution in [0.15, 0.2) is 41.5 Å². The van der Waals surface area contributed by atoms with E-state index in [1.165, 1.54) is 31.0 Å². The second kappa shape index (κ2) is 10.9. The van der Waals surface area contributed by atoms with E-state index in [1.54, 1.807) is 18.1 Å². The van der Waals surface area contributed by atoms with Crippen molar-refractivity contribution in [3.63, 3.8) is 0 Å². The van der Waals surface area contributed by atoms with Crippen LogP contribution >= 0.6 is 24.0 Å². The molecule has 168 valence electrons. The van der Waals surface area contributed by atoms with Crippen LogP contribution in [-0.2, 0) is 6.54 Å². The highest BCUT2D eigenvalue weighted by Gasteiger charge is 2.27. The van der Waals surface area contributed by atoms with E-state index in [-0.39, 0.29) is 35.7 Å². The van der Waals surface area contributed by atoms with Gasteiger partial charge in [0, 0.05) is 45.0 Å². The topological polar surface area (TPSA) is 61.8 Å². The predicted molar refractivity (Wildman–Crippen MR) is 128 cm³/mol. The number of aromatic nitrogens is 1. The van der Waals surface area contributed by atoms with Crippen molar-refractivity contribution < 1.29 is 13.5 Å². The number of aliphatic imine (C=N–C) groups is 1. The Balaban J connectivity index is 0.00000272. The number of hydrogen-bond acceptors (Lipinski definition) is 4. The van der Waals surface area contributed by atoms with E-state index >= 15 is 0 Å². The molecular formula is C22H28F2IN5O. The van der Waals surface area contributed by atoms with Gasteiger partial charge in [-0.25, -0.2) is 13.8 Å². The normalized spacial score (nSPS) is 18.5. The first-order chi connectivity index (χ1) is 14.6. The fourth-order valence-electron chi connectivity index (χ4n) is 3.53. The number of ether oxygens (including phenoxy) is 1. The zero-order valence-electron chi connectivity index (χ0n) is 17.5. The Morgan fingerprint density at radius 2 is 1.97 bits per heavy atom. The maximum absolute atomic E-state index is 14.0. The number of hydrogen-bond donors (Lipinski definition) is 2. The molecular weight excluding hydrogens is 515 g/mol. The van der Waals surface area contributed by atoms with Crippen molar-refractivity contribution in [2.24, 2.45) is 10.9 Å². The van der Waals surface area contributed by atoms with Gasteiger partial charge in [0.15, 0.2) is 5.96 Å². The van der Waals surface area contributed by atoms with E-state index in [2.05, 4.69) is 20.6 Å². The number of nitrogens with one attached hydrogen (secondary N) is 2. The number of pyridine rings is 1. The summed E-state index contributed by atoms with van der Waals surface area (Å²) in [5.41, 5.74) is 1.05. The first-order valence-corrected chi connectivity index (χ1v) is 10.4. The van der Waals surface area contributed by atoms with Gasteiger partial charge in [-0.05, 0) is 42.9 Å². The van der Waals surface area contributed by atoms with Gasteiger partial charge in [-0.15, -0.1) is 24.0 Å². The van der Waals surface area contributed by atoms with Crippen LogP contribution in [0, 0.1) is 17.6 Å². The monoisotopic (exact) mass is 543 g/mol. The van der Waals surface area contributed by atoms with Gasteiger partial charge in [-0.3, -0.25) is 4.99 Å². The minimum atomic E-state index is -0.532. The molecule has 1 unspecified atom stereocenters. The molecule has 2 aromatic rings. The molecule has 0 spiro atoms. The SMILES string of the molecule is CN=C(NCc1ccc(OCC2CC2)nc1)NC1CCN(c2c(F)cccc2F)C1.I. The van der Waals surface area contributed by atoms with E-state index in [1.807, 2.05) is 12.1 Å². The van der Waals surface area contributed by atoms with Crippen LogP contribution in [0.25, 0.3) is 0 Å². The molecule has 1 saturated carbocycles. The Labute approximate surface area is 198 Å². The summed E-state index contributed by atoms with van der Waals surface area (Å²) >= 11 is 0. The third-order valence-corrected chi connectivity index (χ3v) is 5.43. The molecule has 1 atom stereocenters. The molecule has 0 amide bonds. The summed E-state index contributed by atoms with van der Waals surface area (Å²) in [6.07, 6.45) is 5.06. The van der Waals surface area contributed by atoms with Gasteiger partial charge in [0.25, 0.3) is 0 Å². The zero-order valence-corrected chi connectivity index (χ0v) is 19.8. The number of rotatable bonds is 7. The molecule has 2 N–H and O–H groups in total. The molecule has 4 rings (SSSR count). The summed E-state index contributed by atoms with van der Waals surface area (Å²) in [6, 6.07) is 7.87. The number of para-hydroxylation sites is 1. The number of halogens is 3. The Hall–Kier alpha value is -2.17. The van der Waals surface area contributed by atoms with Crippen LogP contribution in [0.2, 0.25) is 0 Å². The van der Waals surface area contributed by atoms with Crippen LogP contribution < -0.4 is 20.3 Å². The average molecular weight is 543 g/mol. The number of anilines is 1. The van der Waals surface area contributed by atoms with Gasteiger partial charge in [0.2, 0.25) is 5.88 Å².